The Kier molecular flexibility index (Phi) is 4.84. The van der Waals surface area contributed by atoms with Gasteiger partial charge in [0, 0.05) is 38.3 Å². The zero-order valence-corrected chi connectivity index (χ0v) is 12.1. The van der Waals surface area contributed by atoms with Crippen LogP contribution < -0.4 is 20.7 Å². The fourth-order valence-electron chi connectivity index (χ4n) is 1.99. The number of amides is 1. The van der Waals surface area contributed by atoms with E-state index in [2.05, 4.69) is 5.32 Å². The van der Waals surface area contributed by atoms with Gasteiger partial charge >= 0.3 is 0 Å². The van der Waals surface area contributed by atoms with Gasteiger partial charge in [-0.05, 0) is 25.0 Å². The number of benzene rings is 1. The van der Waals surface area contributed by atoms with E-state index in [4.69, 9.17) is 10.5 Å². The molecule has 0 saturated heterocycles. The van der Waals surface area contributed by atoms with Crippen LogP contribution in [-0.2, 0) is 4.79 Å². The molecule has 3 N–H and O–H groups in total. The van der Waals surface area contributed by atoms with Gasteiger partial charge in [0.05, 0.1) is 12.6 Å². The molecule has 1 saturated carbocycles. The van der Waals surface area contributed by atoms with Gasteiger partial charge in [-0.15, -0.1) is 0 Å². The molecule has 1 aromatic carbocycles. The number of carbonyl (C=O) groups excluding carboxylic acids is 1. The van der Waals surface area contributed by atoms with Crippen LogP contribution in [0.4, 0.5) is 5.69 Å². The monoisotopic (exact) mass is 277 g/mol. The van der Waals surface area contributed by atoms with Crippen LogP contribution in [0.2, 0.25) is 0 Å². The number of ether oxygens (including phenoxy) is 1. The first-order chi connectivity index (χ1) is 9.56. The number of anilines is 1. The van der Waals surface area contributed by atoms with Crippen molar-refractivity contribution in [3.63, 3.8) is 0 Å². The summed E-state index contributed by atoms with van der Waals surface area (Å²) in [4.78, 5) is 13.4. The van der Waals surface area contributed by atoms with Gasteiger partial charge in [0.15, 0.2) is 0 Å². The first kappa shape index (κ1) is 14.7. The van der Waals surface area contributed by atoms with E-state index >= 15 is 0 Å². The number of nitrogens with zero attached hydrogens (tertiary/aromatic N) is 1. The highest BCUT2D eigenvalue weighted by Gasteiger charge is 2.26. The number of hydrogen-bond donors (Lipinski definition) is 2. The number of nitrogens with one attached hydrogen (secondary N) is 1. The zero-order chi connectivity index (χ0) is 14.5. The molecule has 1 aromatic rings. The zero-order valence-electron chi connectivity index (χ0n) is 12.1. The second-order valence-electron chi connectivity index (χ2n) is 5.42. The SMILES string of the molecule is CN(C)c1cccc(OCCC(NC2CC2)C(N)=O)c1. The Labute approximate surface area is 120 Å². The Hall–Kier alpha value is -1.75. The number of rotatable bonds is 8. The van der Waals surface area contributed by atoms with Gasteiger partial charge in [-0.25, -0.2) is 0 Å². The van der Waals surface area contributed by atoms with Gasteiger partial charge in [-0.1, -0.05) is 6.07 Å². The van der Waals surface area contributed by atoms with Gasteiger partial charge < -0.3 is 20.7 Å². The van der Waals surface area contributed by atoms with Gasteiger partial charge in [0.25, 0.3) is 0 Å². The average Bonchev–Trinajstić information content (AvgIpc) is 3.21. The molecule has 110 valence electrons. The van der Waals surface area contributed by atoms with Crippen molar-refractivity contribution in [2.45, 2.75) is 31.3 Å². The van der Waals surface area contributed by atoms with E-state index in [0.717, 1.165) is 24.3 Å². The van der Waals surface area contributed by atoms with Crippen molar-refractivity contribution in [1.29, 1.82) is 0 Å². The van der Waals surface area contributed by atoms with E-state index in [-0.39, 0.29) is 11.9 Å². The molecule has 0 radical (unpaired) electrons. The number of carbonyl (C=O) groups is 1. The van der Waals surface area contributed by atoms with Crippen LogP contribution in [0.25, 0.3) is 0 Å². The fraction of sp³-hybridized carbons (Fsp3) is 0.533. The second kappa shape index (κ2) is 6.61. The number of nitrogens with two attached hydrogens (primary N) is 1. The van der Waals surface area contributed by atoms with Gasteiger partial charge in [0.1, 0.15) is 5.75 Å². The lowest BCUT2D eigenvalue weighted by Gasteiger charge is -2.16. The van der Waals surface area contributed by atoms with Crippen LogP contribution in [0.15, 0.2) is 24.3 Å². The van der Waals surface area contributed by atoms with Crippen molar-refractivity contribution in [3.8, 4) is 5.75 Å². The van der Waals surface area contributed by atoms with Crippen molar-refractivity contribution >= 4 is 11.6 Å². The Bertz CT molecular complexity index is 458. The summed E-state index contributed by atoms with van der Waals surface area (Å²) >= 11 is 0. The Morgan fingerprint density at radius 3 is 2.85 bits per heavy atom. The third-order valence-corrected chi connectivity index (χ3v) is 3.37. The van der Waals surface area contributed by atoms with Crippen molar-refractivity contribution in [2.75, 3.05) is 25.6 Å². The van der Waals surface area contributed by atoms with Crippen molar-refractivity contribution in [3.05, 3.63) is 24.3 Å². The van der Waals surface area contributed by atoms with E-state index in [1.54, 1.807) is 0 Å². The molecule has 1 aliphatic carbocycles. The highest BCUT2D eigenvalue weighted by Crippen LogP contribution is 2.21. The molecule has 1 atom stereocenters. The van der Waals surface area contributed by atoms with Crippen LogP contribution in [0.3, 0.4) is 0 Å². The molecule has 0 aromatic heterocycles. The summed E-state index contributed by atoms with van der Waals surface area (Å²) in [6.07, 6.45) is 2.86. The average molecular weight is 277 g/mol. The Morgan fingerprint density at radius 1 is 1.50 bits per heavy atom. The first-order valence-corrected chi connectivity index (χ1v) is 7.02. The maximum absolute atomic E-state index is 11.3. The number of hydrogen-bond acceptors (Lipinski definition) is 4. The molecular formula is C15H23N3O2. The summed E-state index contributed by atoms with van der Waals surface area (Å²) in [5.41, 5.74) is 6.48. The molecule has 1 amide bonds. The van der Waals surface area contributed by atoms with Gasteiger partial charge in [0.2, 0.25) is 5.91 Å². The number of primary amides is 1. The highest BCUT2D eigenvalue weighted by molar-refractivity contribution is 5.79. The minimum absolute atomic E-state index is 0.292. The maximum Gasteiger partial charge on any atom is 0.234 e. The molecule has 1 unspecified atom stereocenters. The third kappa shape index (κ3) is 4.42. The minimum Gasteiger partial charge on any atom is -0.493 e. The third-order valence-electron chi connectivity index (χ3n) is 3.37. The molecule has 1 fully saturated rings. The molecule has 0 bridgehead atoms. The van der Waals surface area contributed by atoms with Crippen molar-refractivity contribution < 1.29 is 9.53 Å². The van der Waals surface area contributed by atoms with Crippen molar-refractivity contribution in [2.24, 2.45) is 5.73 Å². The predicted molar refractivity (Wildman–Crippen MR) is 80.0 cm³/mol. The van der Waals surface area contributed by atoms with E-state index in [9.17, 15) is 4.79 Å². The maximum atomic E-state index is 11.3. The van der Waals surface area contributed by atoms with E-state index in [0.29, 0.717) is 19.1 Å². The Morgan fingerprint density at radius 2 is 2.25 bits per heavy atom. The summed E-state index contributed by atoms with van der Waals surface area (Å²) in [6, 6.07) is 8.05. The molecule has 5 heteroatoms. The molecule has 0 spiro atoms. The molecular weight excluding hydrogens is 254 g/mol. The molecule has 5 nitrogen and oxygen atoms in total. The van der Waals surface area contributed by atoms with E-state index < -0.39 is 0 Å². The quantitative estimate of drug-likeness (QED) is 0.747. The molecule has 2 rings (SSSR count). The molecule has 0 aliphatic heterocycles. The normalized spacial score (nSPS) is 15.7. The van der Waals surface area contributed by atoms with E-state index in [1.807, 2.05) is 43.3 Å². The smallest absolute Gasteiger partial charge is 0.234 e. The summed E-state index contributed by atoms with van der Waals surface area (Å²) in [7, 11) is 3.98. The summed E-state index contributed by atoms with van der Waals surface area (Å²) < 4.78 is 5.71. The topological polar surface area (TPSA) is 67.6 Å². The highest BCUT2D eigenvalue weighted by atomic mass is 16.5. The fourth-order valence-corrected chi connectivity index (χ4v) is 1.99. The summed E-state index contributed by atoms with van der Waals surface area (Å²) in [5, 5.41) is 3.24. The summed E-state index contributed by atoms with van der Waals surface area (Å²) in [5.74, 6) is 0.508. The standard InChI is InChI=1S/C15H23N3O2/c1-18(2)12-4-3-5-13(10-12)20-9-8-14(15(16)19)17-11-6-7-11/h3-5,10-11,14,17H,6-9H2,1-2H3,(H2,16,19). The summed E-state index contributed by atoms with van der Waals surface area (Å²) in [6.45, 7) is 0.476. The van der Waals surface area contributed by atoms with Crippen LogP contribution >= 0.6 is 0 Å². The lowest BCUT2D eigenvalue weighted by atomic mass is 10.2. The Balaban J connectivity index is 1.81. The lowest BCUT2D eigenvalue weighted by molar-refractivity contribution is -0.120. The van der Waals surface area contributed by atoms with Crippen LogP contribution in [0.1, 0.15) is 19.3 Å². The lowest BCUT2D eigenvalue weighted by Crippen LogP contribution is -2.43. The largest absolute Gasteiger partial charge is 0.493 e. The van der Waals surface area contributed by atoms with Crippen LogP contribution in [0, 0.1) is 0 Å². The van der Waals surface area contributed by atoms with Crippen LogP contribution in [0.5, 0.6) is 5.75 Å². The molecule has 1 aliphatic rings. The van der Waals surface area contributed by atoms with Crippen LogP contribution in [-0.4, -0.2) is 38.7 Å². The van der Waals surface area contributed by atoms with E-state index in [1.165, 1.54) is 0 Å². The predicted octanol–water partition coefficient (Wildman–Crippen LogP) is 1.13. The van der Waals surface area contributed by atoms with Gasteiger partial charge in [-0.2, -0.15) is 0 Å². The molecule has 20 heavy (non-hydrogen) atoms. The molecule has 0 heterocycles. The van der Waals surface area contributed by atoms with Gasteiger partial charge in [-0.3, -0.25) is 4.79 Å². The minimum atomic E-state index is -0.303. The second-order valence-corrected chi connectivity index (χ2v) is 5.42. The van der Waals surface area contributed by atoms with Crippen molar-refractivity contribution in [1.82, 2.24) is 5.32 Å². The first-order valence-electron chi connectivity index (χ1n) is 7.02.